The molecule has 0 unspecified atom stereocenters. The van der Waals surface area contributed by atoms with Gasteiger partial charge in [0.05, 0.1) is 12.2 Å². The second-order valence-corrected chi connectivity index (χ2v) is 10.5. The van der Waals surface area contributed by atoms with Gasteiger partial charge in [-0.2, -0.15) is 0 Å². The zero-order valence-corrected chi connectivity index (χ0v) is 18.9. The van der Waals surface area contributed by atoms with Crippen LogP contribution >= 0.6 is 34.8 Å². The lowest BCUT2D eigenvalue weighted by Crippen LogP contribution is -2.67. The molecule has 0 spiro atoms. The number of hydrogen-bond donors (Lipinski definition) is 1. The minimum absolute atomic E-state index is 0.0888. The number of hydrogen-bond acceptors (Lipinski definition) is 5. The first kappa shape index (κ1) is 20.9. The summed E-state index contributed by atoms with van der Waals surface area (Å²) in [5.74, 6) is -2.83. The van der Waals surface area contributed by atoms with Crippen molar-refractivity contribution >= 4 is 34.8 Å². The van der Waals surface area contributed by atoms with E-state index in [1.165, 1.54) is 14.2 Å². The van der Waals surface area contributed by atoms with Crippen LogP contribution in [0.15, 0.2) is 0 Å². The molecule has 0 aromatic heterocycles. The molecule has 2 bridgehead atoms. The van der Waals surface area contributed by atoms with E-state index in [4.69, 9.17) is 53.8 Å². The van der Waals surface area contributed by atoms with Gasteiger partial charge in [0, 0.05) is 32.2 Å². The Morgan fingerprint density at radius 1 is 1.19 bits per heavy atom. The Bertz CT molecular complexity index is 645. The number of alkyl halides is 3. The van der Waals surface area contributed by atoms with Crippen LogP contribution in [0.5, 0.6) is 0 Å². The molecule has 4 aliphatic rings. The number of ether oxygens (including phenoxy) is 4. The summed E-state index contributed by atoms with van der Waals surface area (Å²) >= 11 is 21.8. The largest absolute Gasteiger partial charge is 0.392 e. The zero-order chi connectivity index (χ0) is 20.2. The van der Waals surface area contributed by atoms with Crippen LogP contribution in [0.3, 0.4) is 0 Å². The first-order valence-corrected chi connectivity index (χ1v) is 10.8. The highest BCUT2D eigenvalue weighted by molar-refractivity contribution is 6.39. The molecule has 8 heteroatoms. The van der Waals surface area contributed by atoms with Gasteiger partial charge >= 0.3 is 0 Å². The molecule has 0 aromatic carbocycles. The molecular formula is C19H29Cl3O5. The standard InChI is InChI=1S/C19H29Cl3O5/c1-7-26-18-14(20)17(22)15(4)11(23)8-10(9(2)3)12(27-18)13(15)16(18,21)19(17,24-5)25-6/h9-14,23H,7-8H2,1-6H3/t10-,11-,12+,13+,14+,15-,16+,17+,18-/m0/s1. The van der Waals surface area contributed by atoms with Crippen molar-refractivity contribution in [2.24, 2.45) is 23.2 Å². The molecule has 4 fully saturated rings. The van der Waals surface area contributed by atoms with Crippen LogP contribution in [0.1, 0.15) is 34.1 Å². The maximum atomic E-state index is 11.3. The second kappa shape index (κ2) is 5.88. The van der Waals surface area contributed by atoms with Gasteiger partial charge in [0.2, 0.25) is 11.6 Å². The Labute approximate surface area is 175 Å². The van der Waals surface area contributed by atoms with Gasteiger partial charge in [0.1, 0.15) is 10.3 Å². The monoisotopic (exact) mass is 442 g/mol. The van der Waals surface area contributed by atoms with Crippen LogP contribution in [-0.2, 0) is 18.9 Å². The van der Waals surface area contributed by atoms with E-state index in [2.05, 4.69) is 13.8 Å². The Morgan fingerprint density at radius 3 is 2.26 bits per heavy atom. The van der Waals surface area contributed by atoms with Crippen LogP contribution in [-0.4, -0.2) is 64.8 Å². The van der Waals surface area contributed by atoms with Crippen LogP contribution in [0.25, 0.3) is 0 Å². The first-order chi connectivity index (χ1) is 12.5. The molecule has 1 saturated heterocycles. The van der Waals surface area contributed by atoms with Crippen molar-refractivity contribution in [2.45, 2.75) is 73.0 Å². The molecule has 3 saturated carbocycles. The van der Waals surface area contributed by atoms with Gasteiger partial charge in [-0.25, -0.2) is 0 Å². The molecule has 0 amide bonds. The summed E-state index contributed by atoms with van der Waals surface area (Å²) in [5, 5.41) is 10.5. The number of aliphatic hydroxyl groups is 1. The normalized spacial score (nSPS) is 57.7. The van der Waals surface area contributed by atoms with Gasteiger partial charge in [-0.15, -0.1) is 34.8 Å². The van der Waals surface area contributed by atoms with Crippen molar-refractivity contribution in [2.75, 3.05) is 20.8 Å². The molecule has 1 aliphatic heterocycles. The molecule has 156 valence electrons. The van der Waals surface area contributed by atoms with E-state index >= 15 is 0 Å². The Kier molecular flexibility index (Phi) is 4.56. The van der Waals surface area contributed by atoms with Crippen molar-refractivity contribution < 1.29 is 24.1 Å². The summed E-state index contributed by atoms with van der Waals surface area (Å²) < 4.78 is 24.7. The predicted octanol–water partition coefficient (Wildman–Crippen LogP) is 3.36. The van der Waals surface area contributed by atoms with Gasteiger partial charge in [0.15, 0.2) is 4.87 Å². The number of aliphatic hydroxyl groups excluding tert-OH is 1. The third-order valence-corrected chi connectivity index (χ3v) is 10.4. The van der Waals surface area contributed by atoms with Crippen LogP contribution in [0.2, 0.25) is 0 Å². The maximum Gasteiger partial charge on any atom is 0.214 e. The third-order valence-electron chi connectivity index (χ3n) is 8.05. The molecule has 0 aromatic rings. The highest BCUT2D eigenvalue weighted by Gasteiger charge is 3.02. The lowest BCUT2D eigenvalue weighted by atomic mass is 9.54. The van der Waals surface area contributed by atoms with Crippen molar-refractivity contribution in [1.82, 2.24) is 0 Å². The summed E-state index contributed by atoms with van der Waals surface area (Å²) in [6.45, 7) is 8.40. The molecule has 0 radical (unpaired) electrons. The number of halogens is 3. The lowest BCUT2D eigenvalue weighted by Gasteiger charge is -2.55. The lowest BCUT2D eigenvalue weighted by molar-refractivity contribution is -0.273. The fourth-order valence-electron chi connectivity index (χ4n) is 6.96. The highest BCUT2D eigenvalue weighted by Crippen LogP contribution is 2.85. The highest BCUT2D eigenvalue weighted by atomic mass is 35.5. The van der Waals surface area contributed by atoms with E-state index < -0.39 is 38.2 Å². The van der Waals surface area contributed by atoms with Crippen molar-refractivity contribution in [3.05, 3.63) is 0 Å². The van der Waals surface area contributed by atoms with Crippen molar-refractivity contribution in [1.29, 1.82) is 0 Å². The number of methoxy groups -OCH3 is 2. The Morgan fingerprint density at radius 2 is 1.78 bits per heavy atom. The fraction of sp³-hybridized carbons (Fsp3) is 1.00. The van der Waals surface area contributed by atoms with Crippen molar-refractivity contribution in [3.8, 4) is 0 Å². The van der Waals surface area contributed by atoms with Gasteiger partial charge in [-0.05, 0) is 25.2 Å². The Balaban J connectivity index is 2.06. The average Bonchev–Trinajstić information content (AvgIpc) is 2.99. The molecule has 1 N–H and O–H groups in total. The van der Waals surface area contributed by atoms with E-state index in [0.717, 1.165) is 0 Å². The van der Waals surface area contributed by atoms with E-state index in [-0.39, 0.29) is 23.9 Å². The molecule has 1 heterocycles. The van der Waals surface area contributed by atoms with Gasteiger partial charge in [0.25, 0.3) is 0 Å². The van der Waals surface area contributed by atoms with Gasteiger partial charge in [-0.3, -0.25) is 0 Å². The van der Waals surface area contributed by atoms with Crippen LogP contribution in [0, 0.1) is 23.2 Å². The minimum atomic E-state index is -1.48. The molecule has 27 heavy (non-hydrogen) atoms. The topological polar surface area (TPSA) is 57.2 Å². The minimum Gasteiger partial charge on any atom is -0.392 e. The van der Waals surface area contributed by atoms with Crippen molar-refractivity contribution in [3.63, 3.8) is 0 Å². The van der Waals surface area contributed by atoms with Gasteiger partial charge < -0.3 is 24.1 Å². The Hall–Kier alpha value is 0.670. The van der Waals surface area contributed by atoms with Crippen LogP contribution in [0.4, 0.5) is 0 Å². The molecule has 9 atom stereocenters. The van der Waals surface area contributed by atoms with E-state index in [1.807, 2.05) is 13.8 Å². The maximum absolute atomic E-state index is 11.3. The zero-order valence-electron chi connectivity index (χ0n) is 16.6. The molecule has 5 nitrogen and oxygen atoms in total. The summed E-state index contributed by atoms with van der Waals surface area (Å²) in [6, 6.07) is 0. The number of fused-ring (bicyclic) bond motifs is 2. The van der Waals surface area contributed by atoms with E-state index in [9.17, 15) is 5.11 Å². The average molecular weight is 444 g/mol. The quantitative estimate of drug-likeness (QED) is 0.521. The third kappa shape index (κ3) is 1.70. The van der Waals surface area contributed by atoms with E-state index in [0.29, 0.717) is 13.0 Å². The molecular weight excluding hydrogens is 415 g/mol. The predicted molar refractivity (Wildman–Crippen MR) is 103 cm³/mol. The first-order valence-electron chi connectivity index (χ1n) is 9.63. The summed E-state index contributed by atoms with van der Waals surface area (Å²) in [5.41, 5.74) is -0.873. The summed E-state index contributed by atoms with van der Waals surface area (Å²) in [7, 11) is 3.02. The number of rotatable bonds is 5. The van der Waals surface area contributed by atoms with E-state index in [1.54, 1.807) is 0 Å². The molecule has 3 aliphatic carbocycles. The molecule has 4 rings (SSSR count). The van der Waals surface area contributed by atoms with Gasteiger partial charge in [-0.1, -0.05) is 20.8 Å². The summed E-state index contributed by atoms with van der Waals surface area (Å²) in [4.78, 5) is -2.65. The smallest absolute Gasteiger partial charge is 0.214 e. The summed E-state index contributed by atoms with van der Waals surface area (Å²) in [6.07, 6.45) is -0.445. The fourth-order valence-corrected chi connectivity index (χ4v) is 9.28. The SMILES string of the molecule is CCO[C@]12O[C@H]3[C@@H]4[C@](C)([C@@H](O)C[C@H]3C(C)C)[C@](Cl)([C@H]1Cl)C(OC)(OC)[C@@]42Cl. The van der Waals surface area contributed by atoms with Crippen LogP contribution < -0.4 is 0 Å². The second-order valence-electron chi connectivity index (χ2n) is 8.91.